The van der Waals surface area contributed by atoms with Crippen molar-refractivity contribution in [3.05, 3.63) is 34.6 Å². The van der Waals surface area contributed by atoms with Gasteiger partial charge in [-0.05, 0) is 23.8 Å². The fourth-order valence-electron chi connectivity index (χ4n) is 1.92. The van der Waals surface area contributed by atoms with Crippen molar-refractivity contribution in [1.29, 1.82) is 0 Å². The van der Waals surface area contributed by atoms with E-state index in [1.54, 1.807) is 6.07 Å². The molecule has 0 N–H and O–H groups in total. The molecule has 0 bridgehead atoms. The Bertz CT molecular complexity index is 389. The molecule has 1 heterocycles. The Labute approximate surface area is 110 Å². The second-order valence-corrected chi connectivity index (χ2v) is 4.81. The zero-order chi connectivity index (χ0) is 12.3. The highest BCUT2D eigenvalue weighted by atomic mass is 35.5. The van der Waals surface area contributed by atoms with Gasteiger partial charge in [0.2, 0.25) is 0 Å². The van der Waals surface area contributed by atoms with E-state index in [0.29, 0.717) is 30.7 Å². The number of morpholine rings is 1. The molecule has 0 spiro atoms. The van der Waals surface area contributed by atoms with E-state index >= 15 is 0 Å². The van der Waals surface area contributed by atoms with Crippen molar-refractivity contribution < 1.29 is 9.13 Å². The summed E-state index contributed by atoms with van der Waals surface area (Å²) in [6, 6.07) is 4.60. The first-order valence-electron chi connectivity index (χ1n) is 5.52. The highest BCUT2D eigenvalue weighted by molar-refractivity contribution is 6.31. The van der Waals surface area contributed by atoms with Crippen LogP contribution < -0.4 is 0 Å². The molecule has 1 aromatic rings. The van der Waals surface area contributed by atoms with E-state index in [1.165, 1.54) is 12.1 Å². The predicted octanol–water partition coefficient (Wildman–Crippen LogP) is 2.92. The summed E-state index contributed by atoms with van der Waals surface area (Å²) in [7, 11) is 0. The number of hydrogen-bond acceptors (Lipinski definition) is 2. The predicted molar refractivity (Wildman–Crippen MR) is 67.1 cm³/mol. The second kappa shape index (κ2) is 6.01. The Hall–Kier alpha value is -0.350. The van der Waals surface area contributed by atoms with Gasteiger partial charge in [0.1, 0.15) is 5.82 Å². The lowest BCUT2D eigenvalue weighted by Gasteiger charge is -2.34. The maximum atomic E-state index is 13.2. The third-order valence-electron chi connectivity index (χ3n) is 2.91. The molecule has 1 aliphatic heterocycles. The summed E-state index contributed by atoms with van der Waals surface area (Å²) in [6.45, 7) is 2.71. The molecular weight excluding hydrogens is 264 g/mol. The molecule has 0 saturated carbocycles. The molecule has 1 saturated heterocycles. The summed E-state index contributed by atoms with van der Waals surface area (Å²) in [5, 5.41) is 0.589. The topological polar surface area (TPSA) is 12.5 Å². The Morgan fingerprint density at radius 1 is 1.47 bits per heavy atom. The second-order valence-electron chi connectivity index (χ2n) is 4.09. The standard InChI is InChI=1S/C12H14Cl2FNO/c13-6-11-8-17-4-3-16(11)7-9-5-10(15)1-2-12(9)14/h1-2,5,11H,3-4,6-8H2. The number of ether oxygens (including phenoxy) is 1. The molecule has 1 aromatic carbocycles. The van der Waals surface area contributed by atoms with Gasteiger partial charge in [-0.25, -0.2) is 4.39 Å². The molecule has 2 rings (SSSR count). The first-order valence-corrected chi connectivity index (χ1v) is 6.43. The monoisotopic (exact) mass is 277 g/mol. The van der Waals surface area contributed by atoms with Gasteiger partial charge in [0.15, 0.2) is 0 Å². The van der Waals surface area contributed by atoms with Crippen molar-refractivity contribution in [2.45, 2.75) is 12.6 Å². The molecule has 1 aliphatic rings. The lowest BCUT2D eigenvalue weighted by atomic mass is 10.1. The van der Waals surface area contributed by atoms with E-state index in [9.17, 15) is 4.39 Å². The van der Waals surface area contributed by atoms with E-state index in [4.69, 9.17) is 27.9 Å². The summed E-state index contributed by atoms with van der Waals surface area (Å²) in [5.74, 6) is 0.243. The van der Waals surface area contributed by atoms with Crippen molar-refractivity contribution >= 4 is 23.2 Å². The SMILES string of the molecule is Fc1ccc(Cl)c(CN2CCOCC2CCl)c1. The van der Waals surface area contributed by atoms with E-state index in [1.807, 2.05) is 0 Å². The van der Waals surface area contributed by atoms with Crippen LogP contribution in [-0.4, -0.2) is 36.6 Å². The zero-order valence-electron chi connectivity index (χ0n) is 9.33. The summed E-state index contributed by atoms with van der Waals surface area (Å²) < 4.78 is 18.5. The molecule has 1 unspecified atom stereocenters. The van der Waals surface area contributed by atoms with Crippen LogP contribution in [0.2, 0.25) is 5.02 Å². The maximum absolute atomic E-state index is 13.2. The van der Waals surface area contributed by atoms with Crippen LogP contribution in [-0.2, 0) is 11.3 Å². The molecular formula is C12H14Cl2FNO. The molecule has 0 radical (unpaired) electrons. The molecule has 0 aromatic heterocycles. The Balaban J connectivity index is 2.10. The van der Waals surface area contributed by atoms with Crippen LogP contribution in [0.4, 0.5) is 4.39 Å². The van der Waals surface area contributed by atoms with Crippen molar-refractivity contribution in [2.24, 2.45) is 0 Å². The average molecular weight is 278 g/mol. The number of benzene rings is 1. The van der Waals surface area contributed by atoms with Gasteiger partial charge in [-0.2, -0.15) is 0 Å². The summed E-state index contributed by atoms with van der Waals surface area (Å²) in [4.78, 5) is 2.18. The third kappa shape index (κ3) is 3.32. The van der Waals surface area contributed by atoms with Gasteiger partial charge in [-0.15, -0.1) is 11.6 Å². The summed E-state index contributed by atoms with van der Waals surface area (Å²) >= 11 is 11.9. The fourth-order valence-corrected chi connectivity index (χ4v) is 2.38. The van der Waals surface area contributed by atoms with E-state index in [-0.39, 0.29) is 11.9 Å². The van der Waals surface area contributed by atoms with Gasteiger partial charge in [-0.1, -0.05) is 11.6 Å². The van der Waals surface area contributed by atoms with Crippen LogP contribution in [0.25, 0.3) is 0 Å². The fraction of sp³-hybridized carbons (Fsp3) is 0.500. The Kier molecular flexibility index (Phi) is 4.62. The van der Waals surface area contributed by atoms with Crippen molar-refractivity contribution in [2.75, 3.05) is 25.6 Å². The van der Waals surface area contributed by atoms with Crippen LogP contribution >= 0.6 is 23.2 Å². The normalized spacial score (nSPS) is 21.7. The molecule has 17 heavy (non-hydrogen) atoms. The van der Waals surface area contributed by atoms with Gasteiger partial charge in [-0.3, -0.25) is 4.90 Å². The third-order valence-corrected chi connectivity index (χ3v) is 3.63. The maximum Gasteiger partial charge on any atom is 0.123 e. The van der Waals surface area contributed by atoms with Crippen molar-refractivity contribution in [3.8, 4) is 0 Å². The van der Waals surface area contributed by atoms with Crippen LogP contribution in [0.15, 0.2) is 18.2 Å². The summed E-state index contributed by atoms with van der Waals surface area (Å²) in [5.41, 5.74) is 0.795. The highest BCUT2D eigenvalue weighted by Gasteiger charge is 2.22. The largest absolute Gasteiger partial charge is 0.378 e. The van der Waals surface area contributed by atoms with Crippen LogP contribution in [0.3, 0.4) is 0 Å². The highest BCUT2D eigenvalue weighted by Crippen LogP contribution is 2.21. The van der Waals surface area contributed by atoms with Crippen molar-refractivity contribution in [1.82, 2.24) is 4.90 Å². The minimum Gasteiger partial charge on any atom is -0.378 e. The smallest absolute Gasteiger partial charge is 0.123 e. The number of alkyl halides is 1. The molecule has 0 amide bonds. The lowest BCUT2D eigenvalue weighted by Crippen LogP contribution is -2.45. The van der Waals surface area contributed by atoms with Crippen LogP contribution in [0.1, 0.15) is 5.56 Å². The number of nitrogens with zero attached hydrogens (tertiary/aromatic N) is 1. The van der Waals surface area contributed by atoms with Gasteiger partial charge in [0.25, 0.3) is 0 Å². The minimum atomic E-state index is -0.264. The molecule has 2 nitrogen and oxygen atoms in total. The van der Waals surface area contributed by atoms with E-state index in [0.717, 1.165) is 12.1 Å². The first-order chi connectivity index (χ1) is 8.20. The van der Waals surface area contributed by atoms with Gasteiger partial charge >= 0.3 is 0 Å². The zero-order valence-corrected chi connectivity index (χ0v) is 10.8. The van der Waals surface area contributed by atoms with E-state index in [2.05, 4.69) is 4.90 Å². The molecule has 0 aliphatic carbocycles. The number of hydrogen-bond donors (Lipinski definition) is 0. The van der Waals surface area contributed by atoms with E-state index < -0.39 is 0 Å². The molecule has 1 fully saturated rings. The first kappa shape index (κ1) is 13.1. The minimum absolute atomic E-state index is 0.171. The number of rotatable bonds is 3. The van der Waals surface area contributed by atoms with Gasteiger partial charge in [0.05, 0.1) is 13.2 Å². The molecule has 94 valence electrons. The number of halogens is 3. The molecule has 5 heteroatoms. The van der Waals surface area contributed by atoms with Crippen LogP contribution in [0.5, 0.6) is 0 Å². The van der Waals surface area contributed by atoms with Crippen molar-refractivity contribution in [3.63, 3.8) is 0 Å². The van der Waals surface area contributed by atoms with Gasteiger partial charge in [0, 0.05) is 30.0 Å². The van der Waals surface area contributed by atoms with Gasteiger partial charge < -0.3 is 4.74 Å². The quantitative estimate of drug-likeness (QED) is 0.788. The Morgan fingerprint density at radius 3 is 3.06 bits per heavy atom. The molecule has 1 atom stereocenters. The average Bonchev–Trinajstić information content (AvgIpc) is 2.34. The Morgan fingerprint density at radius 2 is 2.29 bits per heavy atom. The lowest BCUT2D eigenvalue weighted by molar-refractivity contribution is -0.00305. The summed E-state index contributed by atoms with van der Waals surface area (Å²) in [6.07, 6.45) is 0. The van der Waals surface area contributed by atoms with Crippen LogP contribution in [0, 0.1) is 5.82 Å².